The number of hydrogen-bond donors (Lipinski definition) is 3. The topological polar surface area (TPSA) is 196 Å². The van der Waals surface area contributed by atoms with Crippen LogP contribution in [0.25, 0.3) is 0 Å². The number of nitrogens with two attached hydrogens (primary N) is 1. The highest BCUT2D eigenvalue weighted by Crippen LogP contribution is 2.40. The molecular weight excluding hydrogens is 560 g/mol. The van der Waals surface area contributed by atoms with Crippen LogP contribution >= 0.6 is 23.3 Å². The van der Waals surface area contributed by atoms with E-state index in [1.807, 2.05) is 20.8 Å². The number of aliphatic carboxylic acids is 1. The van der Waals surface area contributed by atoms with Gasteiger partial charge in [-0.3, -0.25) is 19.3 Å². The Hall–Kier alpha value is -4.05. The predicted octanol–water partition coefficient (Wildman–Crippen LogP) is -1.22. The number of hydrogen-bond acceptors (Lipinski definition) is 12. The molecule has 0 aromatic carbocycles. The van der Waals surface area contributed by atoms with Gasteiger partial charge in [0.15, 0.2) is 24.1 Å². The fourth-order valence-corrected chi connectivity index (χ4v) is 5.76. The van der Waals surface area contributed by atoms with E-state index in [4.69, 9.17) is 10.6 Å². The first-order valence-corrected chi connectivity index (χ1v) is 14.0. The molecule has 4 rings (SSSR count). The predicted molar refractivity (Wildman–Crippen MR) is 143 cm³/mol. The molecule has 14 nitrogen and oxygen atoms in total. The molecule has 2 aromatic rings. The number of nitrogens with zero attached hydrogens (tertiary/aromatic N) is 5. The molecular formula is C24H28N8O6S2. The Morgan fingerprint density at radius 2 is 2.00 bits per heavy atom. The van der Waals surface area contributed by atoms with E-state index in [0.29, 0.717) is 11.1 Å². The summed E-state index contributed by atoms with van der Waals surface area (Å²) >= 11 is 2.17. The van der Waals surface area contributed by atoms with Crippen molar-refractivity contribution in [3.05, 3.63) is 47.2 Å². The maximum absolute atomic E-state index is 13.1. The van der Waals surface area contributed by atoms with Crippen molar-refractivity contribution in [2.45, 2.75) is 51.2 Å². The van der Waals surface area contributed by atoms with Crippen molar-refractivity contribution in [3.63, 3.8) is 0 Å². The highest BCUT2D eigenvalue weighted by atomic mass is 32.2. The standard InChI is InChI=1S/C24H28N8O6S2/c1-5-38-29-14(17-27-23(25)40-30-17)19(34)26-15-20(35)32-16(22(36)37)13(11-39-21(15)32)10-31-8-6-12(7-9-31)18(33)28-24(2,3)4/h6-9,15,21H,5,10-11H2,1-4H3,(H4-,25,26,27,28,30,33,34,36,37)/t15?,21-/m0/s1. The van der Waals surface area contributed by atoms with E-state index >= 15 is 0 Å². The number of carboxylic acids is 1. The number of pyridine rings is 1. The van der Waals surface area contributed by atoms with Crippen molar-refractivity contribution < 1.29 is 33.7 Å². The molecule has 3 amide bonds. The number of nitrogens with one attached hydrogen (secondary N) is 2. The van der Waals surface area contributed by atoms with Gasteiger partial charge in [0.1, 0.15) is 18.0 Å². The molecule has 1 fully saturated rings. The number of amides is 3. The zero-order valence-electron chi connectivity index (χ0n) is 22.2. The van der Waals surface area contributed by atoms with Crippen molar-refractivity contribution in [1.29, 1.82) is 0 Å². The lowest BCUT2D eigenvalue weighted by atomic mass is 10.0. The zero-order valence-corrected chi connectivity index (χ0v) is 23.8. The second kappa shape index (κ2) is 11.6. The van der Waals surface area contributed by atoms with Crippen molar-refractivity contribution >= 4 is 57.8 Å². The minimum Gasteiger partial charge on any atom is -0.543 e. The van der Waals surface area contributed by atoms with E-state index in [9.17, 15) is 24.3 Å². The Labute approximate surface area is 237 Å². The lowest BCUT2D eigenvalue weighted by Crippen LogP contribution is -2.71. The van der Waals surface area contributed by atoms with Gasteiger partial charge in [-0.2, -0.15) is 9.36 Å². The van der Waals surface area contributed by atoms with Gasteiger partial charge in [0.25, 0.3) is 17.7 Å². The van der Waals surface area contributed by atoms with E-state index in [1.54, 1.807) is 36.0 Å². The lowest BCUT2D eigenvalue weighted by Gasteiger charge is -2.50. The third-order valence-electron chi connectivity index (χ3n) is 5.70. The number of carboxylic acid groups (broad SMARTS) is 1. The number of carbonyl (C=O) groups is 4. The van der Waals surface area contributed by atoms with Gasteiger partial charge >= 0.3 is 0 Å². The fourth-order valence-electron chi connectivity index (χ4n) is 3.99. The monoisotopic (exact) mass is 588 g/mol. The Balaban J connectivity index is 1.49. The third kappa shape index (κ3) is 6.22. The van der Waals surface area contributed by atoms with Crippen LogP contribution in [-0.2, 0) is 25.8 Å². The summed E-state index contributed by atoms with van der Waals surface area (Å²) in [5.41, 5.74) is 5.64. The molecule has 2 aromatic heterocycles. The van der Waals surface area contributed by atoms with Gasteiger partial charge < -0.3 is 31.1 Å². The second-order valence-corrected chi connectivity index (χ2v) is 11.8. The summed E-state index contributed by atoms with van der Waals surface area (Å²) in [4.78, 5) is 60.6. The highest BCUT2D eigenvalue weighted by molar-refractivity contribution is 8.00. The number of nitrogen functional groups attached to an aromatic ring is 1. The first-order valence-electron chi connectivity index (χ1n) is 12.2. The molecule has 4 N–H and O–H groups in total. The largest absolute Gasteiger partial charge is 0.543 e. The number of thioether (sulfide) groups is 1. The summed E-state index contributed by atoms with van der Waals surface area (Å²) in [5, 5.41) is 20.8. The van der Waals surface area contributed by atoms with Crippen molar-refractivity contribution in [3.8, 4) is 0 Å². The van der Waals surface area contributed by atoms with E-state index < -0.39 is 34.7 Å². The summed E-state index contributed by atoms with van der Waals surface area (Å²) in [7, 11) is 0. The number of carbonyl (C=O) groups excluding carboxylic acids is 4. The molecule has 0 radical (unpaired) electrons. The maximum atomic E-state index is 13.1. The van der Waals surface area contributed by atoms with Gasteiger partial charge in [-0.15, -0.1) is 11.8 Å². The highest BCUT2D eigenvalue weighted by Gasteiger charge is 2.53. The van der Waals surface area contributed by atoms with E-state index in [0.717, 1.165) is 16.4 Å². The van der Waals surface area contributed by atoms with Gasteiger partial charge in [0.2, 0.25) is 11.5 Å². The molecule has 2 aliphatic rings. The van der Waals surface area contributed by atoms with Crippen LogP contribution in [0.15, 0.2) is 41.0 Å². The quantitative estimate of drug-likeness (QED) is 0.138. The Kier molecular flexibility index (Phi) is 8.39. The van der Waals surface area contributed by atoms with Crippen LogP contribution in [0.1, 0.15) is 43.9 Å². The number of rotatable bonds is 9. The van der Waals surface area contributed by atoms with Crippen LogP contribution in [0.5, 0.6) is 0 Å². The van der Waals surface area contributed by atoms with Crippen LogP contribution in [0.3, 0.4) is 0 Å². The molecule has 4 heterocycles. The molecule has 2 aliphatic heterocycles. The normalized spacial score (nSPS) is 19.1. The van der Waals surface area contributed by atoms with E-state index in [1.165, 1.54) is 11.8 Å². The molecule has 16 heteroatoms. The molecule has 212 valence electrons. The summed E-state index contributed by atoms with van der Waals surface area (Å²) < 4.78 is 5.68. The van der Waals surface area contributed by atoms with Crippen molar-refractivity contribution in [1.82, 2.24) is 24.9 Å². The summed E-state index contributed by atoms with van der Waals surface area (Å²) in [5.74, 6) is -2.88. The second-order valence-electron chi connectivity index (χ2n) is 9.88. The van der Waals surface area contributed by atoms with E-state index in [-0.39, 0.29) is 47.2 Å². The SMILES string of the molecule is CCON=C(C(=O)NC1C(=O)N2C(C(=O)[O-])=C(C[n+]3ccc(C(=O)NC(C)(C)C)cc3)CS[C@@H]12)c1nsc(N)n1. The number of β-lactam (4-membered cyclic amide) rings is 1. The molecule has 2 atom stereocenters. The molecule has 1 unspecified atom stereocenters. The van der Waals surface area contributed by atoms with Gasteiger partial charge in [-0.25, -0.2) is 4.57 Å². The zero-order chi connectivity index (χ0) is 29.2. The van der Waals surface area contributed by atoms with Gasteiger partial charge in [0.05, 0.1) is 17.2 Å². The molecule has 0 saturated carbocycles. The van der Waals surface area contributed by atoms with Crippen LogP contribution < -0.4 is 26.0 Å². The number of oxime groups is 1. The molecule has 0 spiro atoms. The number of aromatic nitrogens is 3. The molecule has 1 saturated heterocycles. The summed E-state index contributed by atoms with van der Waals surface area (Å²) in [6, 6.07) is 2.25. The average molecular weight is 589 g/mol. The van der Waals surface area contributed by atoms with Crippen molar-refractivity contribution in [2.24, 2.45) is 5.16 Å². The minimum absolute atomic E-state index is 0.0510. The fraction of sp³-hybridized carbons (Fsp3) is 0.417. The Morgan fingerprint density at radius 3 is 2.58 bits per heavy atom. The van der Waals surface area contributed by atoms with Crippen LogP contribution in [0, 0.1) is 0 Å². The van der Waals surface area contributed by atoms with E-state index in [2.05, 4.69) is 25.1 Å². The first-order chi connectivity index (χ1) is 18.9. The number of fused-ring (bicyclic) bond motifs is 1. The minimum atomic E-state index is -1.50. The Morgan fingerprint density at radius 1 is 1.30 bits per heavy atom. The van der Waals surface area contributed by atoms with Gasteiger partial charge in [0, 0.05) is 40.5 Å². The van der Waals surface area contributed by atoms with Gasteiger partial charge in [-0.1, -0.05) is 5.16 Å². The van der Waals surface area contributed by atoms with Crippen molar-refractivity contribution in [2.75, 3.05) is 18.1 Å². The summed E-state index contributed by atoms with van der Waals surface area (Å²) in [6.45, 7) is 7.65. The molecule has 40 heavy (non-hydrogen) atoms. The van der Waals surface area contributed by atoms with Crippen LogP contribution in [-0.4, -0.2) is 73.0 Å². The Bertz CT molecular complexity index is 1400. The molecule has 0 bridgehead atoms. The smallest absolute Gasteiger partial charge is 0.278 e. The molecule has 0 aliphatic carbocycles. The van der Waals surface area contributed by atoms with Crippen LogP contribution in [0.2, 0.25) is 0 Å². The maximum Gasteiger partial charge on any atom is 0.278 e. The lowest BCUT2D eigenvalue weighted by molar-refractivity contribution is -0.689. The summed E-state index contributed by atoms with van der Waals surface area (Å²) in [6.07, 6.45) is 3.32. The number of anilines is 1. The van der Waals surface area contributed by atoms with Crippen LogP contribution in [0.4, 0.5) is 5.13 Å². The average Bonchev–Trinajstić information content (AvgIpc) is 3.32. The first kappa shape index (κ1) is 28.9. The van der Waals surface area contributed by atoms with Gasteiger partial charge in [-0.05, 0) is 27.7 Å². The third-order valence-corrected chi connectivity index (χ3v) is 7.58.